The third kappa shape index (κ3) is 4.33. The Labute approximate surface area is 170 Å². The minimum atomic E-state index is -3.78. The lowest BCUT2D eigenvalue weighted by molar-refractivity contribution is 0.0928. The van der Waals surface area contributed by atoms with E-state index in [0.717, 1.165) is 25.7 Å². The van der Waals surface area contributed by atoms with Crippen LogP contribution in [0.15, 0.2) is 40.6 Å². The summed E-state index contributed by atoms with van der Waals surface area (Å²) in [6.07, 6.45) is 4.14. The van der Waals surface area contributed by atoms with Crippen LogP contribution >= 0.6 is 11.3 Å². The molecule has 1 aliphatic carbocycles. The third-order valence-electron chi connectivity index (χ3n) is 5.26. The van der Waals surface area contributed by atoms with Gasteiger partial charge in [-0.3, -0.25) is 9.10 Å². The Morgan fingerprint density at radius 1 is 1.14 bits per heavy atom. The quantitative estimate of drug-likeness (QED) is 0.766. The minimum Gasteiger partial charge on any atom is -0.497 e. The van der Waals surface area contributed by atoms with Gasteiger partial charge in [0.25, 0.3) is 15.9 Å². The molecule has 0 atom stereocenters. The molecule has 1 amide bonds. The van der Waals surface area contributed by atoms with Crippen molar-refractivity contribution < 1.29 is 17.9 Å². The van der Waals surface area contributed by atoms with Crippen molar-refractivity contribution in [1.29, 1.82) is 0 Å². The molecule has 152 valence electrons. The SMILES string of the molecule is COc1ccc(S(=O)(=O)N(C)c2ccsc2C(=O)NC2CCC(C)CC2)cc1. The number of methoxy groups -OCH3 is 1. The molecule has 8 heteroatoms. The first-order valence-corrected chi connectivity index (χ1v) is 11.7. The zero-order valence-corrected chi connectivity index (χ0v) is 18.0. The van der Waals surface area contributed by atoms with E-state index in [1.165, 1.54) is 41.9 Å². The Bertz CT molecular complexity index is 914. The van der Waals surface area contributed by atoms with Gasteiger partial charge in [0, 0.05) is 13.1 Å². The lowest BCUT2D eigenvalue weighted by Crippen LogP contribution is -2.38. The number of hydrogen-bond donors (Lipinski definition) is 1. The van der Waals surface area contributed by atoms with Crippen LogP contribution < -0.4 is 14.4 Å². The normalized spacial score (nSPS) is 19.8. The van der Waals surface area contributed by atoms with Gasteiger partial charge in [-0.05, 0) is 67.3 Å². The first-order valence-electron chi connectivity index (χ1n) is 9.34. The molecule has 3 rings (SSSR count). The number of carbonyl (C=O) groups is 1. The second-order valence-corrected chi connectivity index (χ2v) is 10.1. The van der Waals surface area contributed by atoms with Crippen molar-refractivity contribution in [3.05, 3.63) is 40.6 Å². The molecule has 6 nitrogen and oxygen atoms in total. The first kappa shape index (κ1) is 20.7. The van der Waals surface area contributed by atoms with Crippen LogP contribution in [-0.2, 0) is 10.0 Å². The van der Waals surface area contributed by atoms with E-state index in [2.05, 4.69) is 12.2 Å². The van der Waals surface area contributed by atoms with Gasteiger partial charge in [0.15, 0.2) is 0 Å². The first-order chi connectivity index (χ1) is 13.3. The molecule has 1 aromatic heterocycles. The average molecular weight is 423 g/mol. The molecule has 28 heavy (non-hydrogen) atoms. The van der Waals surface area contributed by atoms with E-state index >= 15 is 0 Å². The second-order valence-electron chi connectivity index (χ2n) is 7.21. The predicted molar refractivity (Wildman–Crippen MR) is 112 cm³/mol. The van der Waals surface area contributed by atoms with Crippen molar-refractivity contribution in [2.24, 2.45) is 5.92 Å². The fourth-order valence-electron chi connectivity index (χ4n) is 3.41. The van der Waals surface area contributed by atoms with Gasteiger partial charge in [0.05, 0.1) is 17.7 Å². The summed E-state index contributed by atoms with van der Waals surface area (Å²) < 4.78 is 32.2. The zero-order chi connectivity index (χ0) is 20.3. The maximum atomic E-state index is 13.0. The largest absolute Gasteiger partial charge is 0.497 e. The third-order valence-corrected chi connectivity index (χ3v) is 7.95. The molecular formula is C20H26N2O4S2. The summed E-state index contributed by atoms with van der Waals surface area (Å²) in [5.41, 5.74) is 0.391. The highest BCUT2D eigenvalue weighted by molar-refractivity contribution is 7.92. The van der Waals surface area contributed by atoms with Gasteiger partial charge < -0.3 is 10.1 Å². The van der Waals surface area contributed by atoms with Crippen molar-refractivity contribution in [2.45, 2.75) is 43.5 Å². The van der Waals surface area contributed by atoms with Crippen molar-refractivity contribution >= 4 is 33.0 Å². The Balaban J connectivity index is 1.78. The standard InChI is InChI=1S/C20H26N2O4S2/c1-14-4-6-15(7-5-14)21-20(23)19-18(12-13-27-19)22(2)28(24,25)17-10-8-16(26-3)9-11-17/h8-15H,4-7H2,1-3H3,(H,21,23). The molecule has 0 unspecified atom stereocenters. The average Bonchev–Trinajstić information content (AvgIpc) is 3.19. The summed E-state index contributed by atoms with van der Waals surface area (Å²) in [6.45, 7) is 2.23. The van der Waals surface area contributed by atoms with Crippen LogP contribution in [0.1, 0.15) is 42.3 Å². The van der Waals surface area contributed by atoms with Crippen molar-refractivity contribution in [3.8, 4) is 5.75 Å². The van der Waals surface area contributed by atoms with Crippen LogP contribution in [0.3, 0.4) is 0 Å². The van der Waals surface area contributed by atoms with Crippen LogP contribution in [-0.4, -0.2) is 34.5 Å². The van der Waals surface area contributed by atoms with Crippen molar-refractivity contribution in [3.63, 3.8) is 0 Å². The Morgan fingerprint density at radius 3 is 2.39 bits per heavy atom. The Hall–Kier alpha value is -2.06. The monoisotopic (exact) mass is 422 g/mol. The summed E-state index contributed by atoms with van der Waals surface area (Å²) in [6, 6.07) is 8.03. The fourth-order valence-corrected chi connectivity index (χ4v) is 5.50. The lowest BCUT2D eigenvalue weighted by atomic mass is 9.87. The van der Waals surface area contributed by atoms with Gasteiger partial charge in [-0.15, -0.1) is 11.3 Å². The van der Waals surface area contributed by atoms with E-state index in [0.29, 0.717) is 22.2 Å². The number of carbonyl (C=O) groups excluding carboxylic acids is 1. The van der Waals surface area contributed by atoms with E-state index in [-0.39, 0.29) is 16.8 Å². The van der Waals surface area contributed by atoms with Crippen LogP contribution in [0.2, 0.25) is 0 Å². The summed E-state index contributed by atoms with van der Waals surface area (Å²) >= 11 is 1.25. The van der Waals surface area contributed by atoms with Gasteiger partial charge in [-0.2, -0.15) is 0 Å². The number of thiophene rings is 1. The number of nitrogens with zero attached hydrogens (tertiary/aromatic N) is 1. The number of nitrogens with one attached hydrogen (secondary N) is 1. The van der Waals surface area contributed by atoms with Crippen LogP contribution in [0.4, 0.5) is 5.69 Å². The highest BCUT2D eigenvalue weighted by Gasteiger charge is 2.28. The molecule has 1 heterocycles. The van der Waals surface area contributed by atoms with Gasteiger partial charge in [-0.25, -0.2) is 8.42 Å². The van der Waals surface area contributed by atoms with E-state index in [4.69, 9.17) is 4.74 Å². The van der Waals surface area contributed by atoms with Crippen LogP contribution in [0, 0.1) is 5.92 Å². The number of anilines is 1. The second kappa shape index (κ2) is 8.53. The zero-order valence-electron chi connectivity index (χ0n) is 16.3. The molecule has 1 aliphatic rings. The van der Waals surface area contributed by atoms with E-state index in [1.54, 1.807) is 23.6 Å². The number of rotatable bonds is 6. The van der Waals surface area contributed by atoms with Crippen LogP contribution in [0.25, 0.3) is 0 Å². The topological polar surface area (TPSA) is 75.7 Å². The number of amides is 1. The maximum Gasteiger partial charge on any atom is 0.264 e. The molecule has 0 bridgehead atoms. The van der Waals surface area contributed by atoms with E-state index in [9.17, 15) is 13.2 Å². The molecule has 0 radical (unpaired) electrons. The molecule has 2 aromatic rings. The summed E-state index contributed by atoms with van der Waals surface area (Å²) in [7, 11) is -0.779. The number of ether oxygens (including phenoxy) is 1. The maximum absolute atomic E-state index is 13.0. The summed E-state index contributed by atoms with van der Waals surface area (Å²) in [5, 5.41) is 4.82. The predicted octanol–water partition coefficient (Wildman–Crippen LogP) is 3.89. The molecule has 0 aliphatic heterocycles. The summed E-state index contributed by atoms with van der Waals surface area (Å²) in [4.78, 5) is 13.4. The van der Waals surface area contributed by atoms with Crippen LogP contribution in [0.5, 0.6) is 5.75 Å². The highest BCUT2D eigenvalue weighted by Crippen LogP contribution is 2.31. The van der Waals surface area contributed by atoms with Crippen molar-refractivity contribution in [1.82, 2.24) is 5.32 Å². The lowest BCUT2D eigenvalue weighted by Gasteiger charge is -2.27. The molecular weight excluding hydrogens is 396 g/mol. The van der Waals surface area contributed by atoms with Crippen molar-refractivity contribution in [2.75, 3.05) is 18.5 Å². The smallest absolute Gasteiger partial charge is 0.264 e. The van der Waals surface area contributed by atoms with Gasteiger partial charge in [0.2, 0.25) is 0 Å². The molecule has 1 saturated carbocycles. The molecule has 1 fully saturated rings. The Kier molecular flexibility index (Phi) is 6.30. The van der Waals surface area contributed by atoms with Gasteiger partial charge in [0.1, 0.15) is 10.6 Å². The van der Waals surface area contributed by atoms with E-state index in [1.807, 2.05) is 0 Å². The number of sulfonamides is 1. The number of hydrogen-bond acceptors (Lipinski definition) is 5. The molecule has 0 spiro atoms. The summed E-state index contributed by atoms with van der Waals surface area (Å²) in [5.74, 6) is 1.08. The number of benzene rings is 1. The molecule has 1 aromatic carbocycles. The van der Waals surface area contributed by atoms with E-state index < -0.39 is 10.0 Å². The van der Waals surface area contributed by atoms with Gasteiger partial charge >= 0.3 is 0 Å². The fraction of sp³-hybridized carbons (Fsp3) is 0.450. The molecule has 0 saturated heterocycles. The van der Waals surface area contributed by atoms with Gasteiger partial charge in [-0.1, -0.05) is 6.92 Å². The minimum absolute atomic E-state index is 0.148. The highest BCUT2D eigenvalue weighted by atomic mass is 32.2. The Morgan fingerprint density at radius 2 is 1.79 bits per heavy atom. The molecule has 1 N–H and O–H groups in total.